The van der Waals surface area contributed by atoms with Gasteiger partial charge >= 0.3 is 0 Å². The van der Waals surface area contributed by atoms with E-state index in [9.17, 15) is 8.42 Å². The van der Waals surface area contributed by atoms with E-state index >= 15 is 0 Å². The van der Waals surface area contributed by atoms with Crippen LogP contribution in [0.2, 0.25) is 5.15 Å². The van der Waals surface area contributed by atoms with Gasteiger partial charge in [-0.05, 0) is 43.3 Å². The van der Waals surface area contributed by atoms with Gasteiger partial charge in [0.1, 0.15) is 22.2 Å². The highest BCUT2D eigenvalue weighted by molar-refractivity contribution is 7.92. The van der Waals surface area contributed by atoms with Gasteiger partial charge in [0.25, 0.3) is 10.0 Å². The normalized spacial score (nSPS) is 11.5. The highest BCUT2D eigenvalue weighted by Gasteiger charge is 2.19. The Balaban J connectivity index is 2.01. The smallest absolute Gasteiger partial charge is 0.261 e. The summed E-state index contributed by atoms with van der Waals surface area (Å²) in [6.45, 7) is 2.30. The van der Waals surface area contributed by atoms with Gasteiger partial charge in [0.05, 0.1) is 29.7 Å². The number of aromatic amines is 1. The van der Waals surface area contributed by atoms with Crippen LogP contribution >= 0.6 is 11.6 Å². The lowest BCUT2D eigenvalue weighted by atomic mass is 10.2. The minimum atomic E-state index is -3.79. The largest absolute Gasteiger partial charge is 0.497 e. The quantitative estimate of drug-likeness (QED) is 0.682. The average molecular weight is 382 g/mol. The van der Waals surface area contributed by atoms with Crippen LogP contribution < -0.4 is 14.2 Å². The van der Waals surface area contributed by atoms with Crippen LogP contribution in [0.1, 0.15) is 6.92 Å². The fourth-order valence-electron chi connectivity index (χ4n) is 2.38. The summed E-state index contributed by atoms with van der Waals surface area (Å²) in [7, 11) is -2.28. The van der Waals surface area contributed by atoms with E-state index < -0.39 is 10.0 Å². The number of nitrogens with zero attached hydrogens (tertiary/aromatic N) is 1. The number of H-pyrrole nitrogens is 1. The van der Waals surface area contributed by atoms with Gasteiger partial charge in [0, 0.05) is 0 Å². The number of nitrogens with one attached hydrogen (secondary N) is 2. The van der Waals surface area contributed by atoms with Crippen LogP contribution in [0.15, 0.2) is 41.3 Å². The van der Waals surface area contributed by atoms with Gasteiger partial charge in [-0.25, -0.2) is 8.42 Å². The Bertz CT molecular complexity index is 1000. The van der Waals surface area contributed by atoms with E-state index in [4.69, 9.17) is 21.1 Å². The van der Waals surface area contributed by atoms with E-state index in [-0.39, 0.29) is 10.0 Å². The lowest BCUT2D eigenvalue weighted by Gasteiger charge is -2.11. The van der Waals surface area contributed by atoms with E-state index in [0.717, 1.165) is 0 Å². The van der Waals surface area contributed by atoms with E-state index in [1.807, 2.05) is 6.92 Å². The summed E-state index contributed by atoms with van der Waals surface area (Å²) in [6, 6.07) is 9.32. The van der Waals surface area contributed by atoms with Gasteiger partial charge in [-0.15, -0.1) is 0 Å². The molecule has 3 aromatic rings. The molecule has 0 bridgehead atoms. The summed E-state index contributed by atoms with van der Waals surface area (Å²) >= 11 is 6.12. The molecule has 9 heteroatoms. The van der Waals surface area contributed by atoms with Crippen molar-refractivity contribution < 1.29 is 17.9 Å². The Morgan fingerprint density at radius 3 is 2.56 bits per heavy atom. The number of benzene rings is 2. The summed E-state index contributed by atoms with van der Waals surface area (Å²) in [5.74, 6) is 1.10. The van der Waals surface area contributed by atoms with Gasteiger partial charge in [-0.2, -0.15) is 5.10 Å². The van der Waals surface area contributed by atoms with Crippen molar-refractivity contribution in [3.05, 3.63) is 41.6 Å². The number of halogens is 1. The zero-order chi connectivity index (χ0) is 18.0. The first-order chi connectivity index (χ1) is 12.0. The van der Waals surface area contributed by atoms with Gasteiger partial charge < -0.3 is 9.47 Å². The lowest BCUT2D eigenvalue weighted by Crippen LogP contribution is -2.13. The maximum Gasteiger partial charge on any atom is 0.261 e. The van der Waals surface area contributed by atoms with Gasteiger partial charge in [0.2, 0.25) is 0 Å². The van der Waals surface area contributed by atoms with E-state index in [0.29, 0.717) is 34.7 Å². The first kappa shape index (κ1) is 17.4. The zero-order valence-corrected chi connectivity index (χ0v) is 15.1. The van der Waals surface area contributed by atoms with Crippen molar-refractivity contribution in [3.63, 3.8) is 0 Å². The third-order valence-corrected chi connectivity index (χ3v) is 5.19. The van der Waals surface area contributed by atoms with Crippen molar-refractivity contribution in [2.24, 2.45) is 0 Å². The topological polar surface area (TPSA) is 93.3 Å². The number of ether oxygens (including phenoxy) is 2. The van der Waals surface area contributed by atoms with Crippen molar-refractivity contribution in [3.8, 4) is 11.5 Å². The van der Waals surface area contributed by atoms with Gasteiger partial charge in [-0.3, -0.25) is 9.82 Å². The molecule has 0 atom stereocenters. The number of aromatic nitrogens is 2. The minimum Gasteiger partial charge on any atom is -0.497 e. The van der Waals surface area contributed by atoms with Crippen LogP contribution in [0, 0.1) is 0 Å². The number of methoxy groups -OCH3 is 1. The summed E-state index contributed by atoms with van der Waals surface area (Å²) in [4.78, 5) is 0.108. The van der Waals surface area contributed by atoms with Crippen LogP contribution in [-0.2, 0) is 10.0 Å². The molecule has 0 saturated heterocycles. The van der Waals surface area contributed by atoms with Crippen molar-refractivity contribution >= 4 is 38.2 Å². The summed E-state index contributed by atoms with van der Waals surface area (Å²) in [6.07, 6.45) is 0. The summed E-state index contributed by atoms with van der Waals surface area (Å²) < 4.78 is 38.3. The molecule has 3 rings (SSSR count). The van der Waals surface area contributed by atoms with Crippen LogP contribution in [0.5, 0.6) is 11.5 Å². The number of fused-ring (bicyclic) bond motifs is 1. The molecular formula is C16H16ClN3O4S. The Morgan fingerprint density at radius 2 is 1.92 bits per heavy atom. The predicted octanol–water partition coefficient (Wildman–Crippen LogP) is 3.42. The van der Waals surface area contributed by atoms with Crippen LogP contribution in [0.4, 0.5) is 5.69 Å². The molecule has 0 aliphatic rings. The molecule has 1 heterocycles. The first-order valence-electron chi connectivity index (χ1n) is 7.42. The van der Waals surface area contributed by atoms with Crippen molar-refractivity contribution in [1.29, 1.82) is 0 Å². The number of hydrogen-bond acceptors (Lipinski definition) is 5. The number of hydrogen-bond donors (Lipinski definition) is 2. The molecule has 132 valence electrons. The molecule has 7 nitrogen and oxygen atoms in total. The molecular weight excluding hydrogens is 366 g/mol. The van der Waals surface area contributed by atoms with Crippen LogP contribution in [0.3, 0.4) is 0 Å². The second kappa shape index (κ2) is 6.81. The maximum absolute atomic E-state index is 12.6. The molecule has 0 aliphatic carbocycles. The zero-order valence-electron chi connectivity index (χ0n) is 13.5. The number of anilines is 1. The monoisotopic (exact) mass is 381 g/mol. The Morgan fingerprint density at radius 1 is 1.20 bits per heavy atom. The molecule has 25 heavy (non-hydrogen) atoms. The van der Waals surface area contributed by atoms with Gasteiger partial charge in [0.15, 0.2) is 0 Å². The average Bonchev–Trinajstić information content (AvgIpc) is 3.00. The third-order valence-electron chi connectivity index (χ3n) is 3.54. The van der Waals surface area contributed by atoms with Crippen molar-refractivity contribution in [2.75, 3.05) is 18.4 Å². The second-order valence-electron chi connectivity index (χ2n) is 5.09. The molecule has 2 N–H and O–H groups in total. The molecule has 0 aliphatic heterocycles. The number of rotatable bonds is 6. The van der Waals surface area contributed by atoms with Crippen LogP contribution in [0.25, 0.3) is 10.9 Å². The van der Waals surface area contributed by atoms with E-state index in [1.165, 1.54) is 19.2 Å². The van der Waals surface area contributed by atoms with Crippen LogP contribution in [-0.4, -0.2) is 32.3 Å². The molecule has 0 saturated carbocycles. The lowest BCUT2D eigenvalue weighted by molar-refractivity contribution is 0.344. The molecule has 0 fully saturated rings. The van der Waals surface area contributed by atoms with Gasteiger partial charge in [-0.1, -0.05) is 11.6 Å². The summed E-state index contributed by atoms with van der Waals surface area (Å²) in [5.41, 5.74) is 0.686. The highest BCUT2D eigenvalue weighted by atomic mass is 35.5. The van der Waals surface area contributed by atoms with Crippen molar-refractivity contribution in [1.82, 2.24) is 10.2 Å². The SMILES string of the molecule is CCOc1ccc(NS(=O)(=O)c2ccc(OC)cc2)c2n[nH]c(Cl)c12. The Kier molecular flexibility index (Phi) is 4.73. The Labute approximate surface area is 150 Å². The fourth-order valence-corrected chi connectivity index (χ4v) is 3.67. The summed E-state index contributed by atoms with van der Waals surface area (Å²) in [5, 5.41) is 7.53. The van der Waals surface area contributed by atoms with E-state index in [1.54, 1.807) is 24.3 Å². The highest BCUT2D eigenvalue weighted by Crippen LogP contribution is 2.35. The minimum absolute atomic E-state index is 0.108. The Hall–Kier alpha value is -2.45. The molecule has 0 unspecified atom stereocenters. The molecule has 1 aromatic heterocycles. The van der Waals surface area contributed by atoms with E-state index in [2.05, 4.69) is 14.9 Å². The predicted molar refractivity (Wildman–Crippen MR) is 96.1 cm³/mol. The molecule has 2 aromatic carbocycles. The number of sulfonamides is 1. The first-order valence-corrected chi connectivity index (χ1v) is 9.28. The van der Waals surface area contributed by atoms with Crippen molar-refractivity contribution in [2.45, 2.75) is 11.8 Å². The maximum atomic E-state index is 12.6. The molecule has 0 amide bonds. The standard InChI is InChI=1S/C16H16ClN3O4S/c1-3-24-13-9-8-12(15-14(13)16(17)19-18-15)20-25(21,22)11-6-4-10(23-2)5-7-11/h4-9,20H,3H2,1-2H3,(H,18,19). The fraction of sp³-hybridized carbons (Fsp3) is 0.188. The molecule has 0 spiro atoms. The third kappa shape index (κ3) is 3.35. The molecule has 0 radical (unpaired) electrons. The second-order valence-corrected chi connectivity index (χ2v) is 7.15.